The summed E-state index contributed by atoms with van der Waals surface area (Å²) in [4.78, 5) is 0. The summed E-state index contributed by atoms with van der Waals surface area (Å²) < 4.78 is 6.62. The Morgan fingerprint density at radius 3 is 2.65 bits per heavy atom. The molecule has 0 aliphatic carbocycles. The fourth-order valence-corrected chi connectivity index (χ4v) is 2.01. The van der Waals surface area contributed by atoms with Crippen LogP contribution in [0.2, 0.25) is 5.02 Å². The minimum Gasteiger partial charge on any atom is -0.391 e. The third-order valence-corrected chi connectivity index (χ3v) is 3.41. The Hall–Kier alpha value is -0.130. The molecule has 0 aromatic heterocycles. The van der Waals surface area contributed by atoms with Crippen LogP contribution in [-0.4, -0.2) is 23.9 Å². The van der Waals surface area contributed by atoms with E-state index in [4.69, 9.17) is 22.1 Å². The maximum Gasteiger partial charge on any atom is 0.0966 e. The van der Waals surface area contributed by atoms with Crippen molar-refractivity contribution in [2.75, 3.05) is 6.54 Å². The largest absolute Gasteiger partial charge is 0.391 e. The van der Waals surface area contributed by atoms with E-state index >= 15 is 0 Å². The Morgan fingerprint density at radius 2 is 2.12 bits per heavy atom. The lowest BCUT2D eigenvalue weighted by molar-refractivity contribution is -0.0591. The van der Waals surface area contributed by atoms with Crippen LogP contribution in [0.15, 0.2) is 22.7 Å². The van der Waals surface area contributed by atoms with Crippen molar-refractivity contribution in [3.05, 3.63) is 33.3 Å². The van der Waals surface area contributed by atoms with Crippen molar-refractivity contribution in [3.8, 4) is 0 Å². The lowest BCUT2D eigenvalue weighted by atomic mass is 10.1. The summed E-state index contributed by atoms with van der Waals surface area (Å²) in [7, 11) is 0. The molecule has 0 saturated heterocycles. The summed E-state index contributed by atoms with van der Waals surface area (Å²) in [5.74, 6) is 0. The molecule has 3 unspecified atom stereocenters. The molecule has 17 heavy (non-hydrogen) atoms. The molecule has 1 aromatic rings. The number of aliphatic hydroxyl groups is 1. The van der Waals surface area contributed by atoms with E-state index in [0.29, 0.717) is 11.6 Å². The summed E-state index contributed by atoms with van der Waals surface area (Å²) >= 11 is 9.50. The first-order valence-corrected chi connectivity index (χ1v) is 6.61. The molecule has 0 aliphatic heterocycles. The van der Waals surface area contributed by atoms with Gasteiger partial charge in [-0.2, -0.15) is 0 Å². The normalized spacial score (nSPS) is 16.6. The van der Waals surface area contributed by atoms with Gasteiger partial charge in [0.1, 0.15) is 0 Å². The molecule has 0 amide bonds. The Bertz CT molecular complexity index is 374. The first-order valence-electron chi connectivity index (χ1n) is 5.44. The van der Waals surface area contributed by atoms with Crippen molar-refractivity contribution in [2.45, 2.75) is 32.2 Å². The lowest BCUT2D eigenvalue weighted by Gasteiger charge is -2.24. The topological polar surface area (TPSA) is 55.5 Å². The van der Waals surface area contributed by atoms with Gasteiger partial charge < -0.3 is 15.6 Å². The first kappa shape index (κ1) is 14.9. The van der Waals surface area contributed by atoms with Crippen LogP contribution in [0.5, 0.6) is 0 Å². The van der Waals surface area contributed by atoms with Crippen LogP contribution < -0.4 is 5.73 Å². The minimum absolute atomic E-state index is 0.293. The van der Waals surface area contributed by atoms with Gasteiger partial charge in [-0.3, -0.25) is 0 Å². The number of ether oxygens (including phenoxy) is 1. The quantitative estimate of drug-likeness (QED) is 0.876. The molecule has 0 heterocycles. The number of hydrogen-bond donors (Lipinski definition) is 2. The fourth-order valence-electron chi connectivity index (χ4n) is 1.39. The molecule has 1 aromatic carbocycles. The molecule has 0 spiro atoms. The van der Waals surface area contributed by atoms with Gasteiger partial charge in [-0.15, -0.1) is 0 Å². The molecule has 0 bridgehead atoms. The molecule has 0 radical (unpaired) electrons. The zero-order valence-electron chi connectivity index (χ0n) is 9.86. The van der Waals surface area contributed by atoms with Crippen molar-refractivity contribution in [3.63, 3.8) is 0 Å². The number of hydrogen-bond acceptors (Lipinski definition) is 3. The van der Waals surface area contributed by atoms with Gasteiger partial charge >= 0.3 is 0 Å². The maximum absolute atomic E-state index is 9.43. The van der Waals surface area contributed by atoms with Crippen LogP contribution >= 0.6 is 27.5 Å². The standard InChI is InChI=1S/C12H17BrClNO2/c1-7(16)8(2)17-12(6-15)10-5-9(13)3-4-11(10)14/h3-5,7-8,12,16H,6,15H2,1-2H3. The smallest absolute Gasteiger partial charge is 0.0966 e. The highest BCUT2D eigenvalue weighted by molar-refractivity contribution is 9.10. The van der Waals surface area contributed by atoms with Gasteiger partial charge in [-0.05, 0) is 32.0 Å². The van der Waals surface area contributed by atoms with E-state index in [0.717, 1.165) is 10.0 Å². The second kappa shape index (κ2) is 6.71. The van der Waals surface area contributed by atoms with E-state index < -0.39 is 6.10 Å². The molecule has 3 atom stereocenters. The highest BCUT2D eigenvalue weighted by Gasteiger charge is 2.19. The Morgan fingerprint density at radius 1 is 1.47 bits per heavy atom. The lowest BCUT2D eigenvalue weighted by Crippen LogP contribution is -2.28. The van der Waals surface area contributed by atoms with E-state index in [2.05, 4.69) is 15.9 Å². The third-order valence-electron chi connectivity index (χ3n) is 2.58. The number of halogens is 2. The summed E-state index contributed by atoms with van der Waals surface area (Å²) in [5.41, 5.74) is 6.52. The van der Waals surface area contributed by atoms with Crippen molar-refractivity contribution in [2.24, 2.45) is 5.73 Å². The third kappa shape index (κ3) is 4.23. The predicted octanol–water partition coefficient (Wildman–Crippen LogP) is 2.89. The highest BCUT2D eigenvalue weighted by Crippen LogP contribution is 2.29. The van der Waals surface area contributed by atoms with Crippen molar-refractivity contribution < 1.29 is 9.84 Å². The minimum atomic E-state index is -0.546. The Kier molecular flexibility index (Phi) is 5.89. The van der Waals surface area contributed by atoms with Crippen molar-refractivity contribution in [1.82, 2.24) is 0 Å². The summed E-state index contributed by atoms with van der Waals surface area (Å²) in [6, 6.07) is 5.53. The SMILES string of the molecule is CC(O)C(C)OC(CN)c1cc(Br)ccc1Cl. The molecule has 5 heteroatoms. The van der Waals surface area contributed by atoms with Crippen LogP contribution in [0.4, 0.5) is 0 Å². The summed E-state index contributed by atoms with van der Waals surface area (Å²) in [6.45, 7) is 3.80. The second-order valence-electron chi connectivity index (χ2n) is 3.97. The number of aliphatic hydroxyl groups excluding tert-OH is 1. The fraction of sp³-hybridized carbons (Fsp3) is 0.500. The van der Waals surface area contributed by atoms with Gasteiger partial charge in [-0.1, -0.05) is 27.5 Å². The number of nitrogens with two attached hydrogens (primary N) is 1. The van der Waals surface area contributed by atoms with E-state index in [1.54, 1.807) is 19.9 Å². The molecular formula is C12H17BrClNO2. The van der Waals surface area contributed by atoms with Crippen LogP contribution in [0, 0.1) is 0 Å². The van der Waals surface area contributed by atoms with E-state index in [1.807, 2.05) is 12.1 Å². The Balaban J connectivity index is 2.89. The van der Waals surface area contributed by atoms with Gasteiger partial charge in [-0.25, -0.2) is 0 Å². The Labute approximate surface area is 115 Å². The van der Waals surface area contributed by atoms with Crippen LogP contribution in [-0.2, 0) is 4.74 Å². The molecule has 3 N–H and O–H groups in total. The van der Waals surface area contributed by atoms with Gasteiger partial charge in [0, 0.05) is 21.6 Å². The average molecular weight is 323 g/mol. The maximum atomic E-state index is 9.43. The van der Waals surface area contributed by atoms with Crippen molar-refractivity contribution >= 4 is 27.5 Å². The van der Waals surface area contributed by atoms with E-state index in [1.165, 1.54) is 0 Å². The molecule has 0 aliphatic rings. The van der Waals surface area contributed by atoms with Gasteiger partial charge in [0.05, 0.1) is 18.3 Å². The van der Waals surface area contributed by atoms with E-state index in [9.17, 15) is 5.11 Å². The zero-order chi connectivity index (χ0) is 13.0. The average Bonchev–Trinajstić information content (AvgIpc) is 2.29. The molecule has 3 nitrogen and oxygen atoms in total. The predicted molar refractivity (Wildman–Crippen MR) is 73.2 cm³/mol. The van der Waals surface area contributed by atoms with Crippen molar-refractivity contribution in [1.29, 1.82) is 0 Å². The molecule has 0 fully saturated rings. The highest BCUT2D eigenvalue weighted by atomic mass is 79.9. The zero-order valence-corrected chi connectivity index (χ0v) is 12.2. The molecule has 1 rings (SSSR count). The second-order valence-corrected chi connectivity index (χ2v) is 5.29. The van der Waals surface area contributed by atoms with Gasteiger partial charge in [0.25, 0.3) is 0 Å². The molecule has 0 saturated carbocycles. The summed E-state index contributed by atoms with van der Waals surface area (Å²) in [5, 5.41) is 10.0. The van der Waals surface area contributed by atoms with Crippen LogP contribution in [0.3, 0.4) is 0 Å². The van der Waals surface area contributed by atoms with Gasteiger partial charge in [0.2, 0.25) is 0 Å². The van der Waals surface area contributed by atoms with E-state index in [-0.39, 0.29) is 12.2 Å². The first-order chi connectivity index (χ1) is 7.95. The van der Waals surface area contributed by atoms with Crippen LogP contribution in [0.25, 0.3) is 0 Å². The molecule has 96 valence electrons. The number of benzene rings is 1. The summed E-state index contributed by atoms with van der Waals surface area (Å²) in [6.07, 6.45) is -1.15. The van der Waals surface area contributed by atoms with Gasteiger partial charge in [0.15, 0.2) is 0 Å². The molecular weight excluding hydrogens is 305 g/mol. The van der Waals surface area contributed by atoms with Crippen LogP contribution in [0.1, 0.15) is 25.5 Å². The monoisotopic (exact) mass is 321 g/mol. The number of rotatable bonds is 5.